The van der Waals surface area contributed by atoms with Crippen molar-refractivity contribution in [1.82, 2.24) is 8.47 Å². The minimum atomic E-state index is -2.07. The van der Waals surface area contributed by atoms with Gasteiger partial charge in [-0.15, -0.1) is 0 Å². The van der Waals surface area contributed by atoms with Gasteiger partial charge in [0.2, 0.25) is 0 Å². The lowest BCUT2D eigenvalue weighted by molar-refractivity contribution is 1.26. The Bertz CT molecular complexity index is 1920. The lowest BCUT2D eigenvalue weighted by Gasteiger charge is -2.30. The molecule has 0 atom stereocenters. The van der Waals surface area contributed by atoms with E-state index >= 15 is 0 Å². The number of fused-ring (bicyclic) bond motifs is 6. The zero-order valence-electron chi connectivity index (χ0n) is 24.3. The Labute approximate surface area is 238 Å². The van der Waals surface area contributed by atoms with Crippen molar-refractivity contribution in [3.8, 4) is 0 Å². The molecule has 0 bridgehead atoms. The molecule has 2 heterocycles. The van der Waals surface area contributed by atoms with Gasteiger partial charge in [-0.05, 0) is 86.8 Å². The third kappa shape index (κ3) is 3.59. The summed E-state index contributed by atoms with van der Waals surface area (Å²) in [5, 5.41) is 8.36. The first-order valence-electron chi connectivity index (χ1n) is 14.3. The van der Waals surface area contributed by atoms with Crippen LogP contribution in [0.5, 0.6) is 0 Å². The second kappa shape index (κ2) is 8.82. The number of para-hydroxylation sites is 2. The second-order valence-electron chi connectivity index (χ2n) is 12.4. The van der Waals surface area contributed by atoms with E-state index in [0.29, 0.717) is 0 Å². The molecular weight excluding hydrogens is 517 g/mol. The number of nitrogens with zero attached hydrogens (tertiary/aromatic N) is 2. The molecule has 2 aromatic heterocycles. The van der Waals surface area contributed by atoms with Gasteiger partial charge in [-0.2, -0.15) is 0 Å². The Hall–Kier alpha value is -3.87. The van der Waals surface area contributed by atoms with Crippen molar-refractivity contribution in [2.45, 2.75) is 40.0 Å². The van der Waals surface area contributed by atoms with E-state index in [9.17, 15) is 0 Å². The first kappa shape index (κ1) is 25.1. The number of hydrogen-bond acceptors (Lipinski definition) is 0. The number of aryl methyl sites for hydroxylation is 2. The summed E-state index contributed by atoms with van der Waals surface area (Å²) >= 11 is 0. The predicted molar refractivity (Wildman–Crippen MR) is 180 cm³/mol. The van der Waals surface area contributed by atoms with Gasteiger partial charge in [0.15, 0.2) is 16.5 Å². The molecule has 0 saturated carbocycles. The smallest absolute Gasteiger partial charge is 0.187 e. The Balaban J connectivity index is 1.37. The van der Waals surface area contributed by atoms with E-state index < -0.39 is 16.5 Å². The molecule has 0 N–H and O–H groups in total. The van der Waals surface area contributed by atoms with Crippen LogP contribution in [0.1, 0.15) is 11.1 Å². The number of aromatic nitrogens is 2. The highest BCUT2D eigenvalue weighted by molar-refractivity contribution is 6.91. The third-order valence-electron chi connectivity index (χ3n) is 9.07. The Morgan fingerprint density at radius 2 is 0.750 bits per heavy atom. The zero-order valence-corrected chi connectivity index (χ0v) is 26.3. The van der Waals surface area contributed by atoms with Crippen molar-refractivity contribution in [2.75, 3.05) is 0 Å². The summed E-state index contributed by atoms with van der Waals surface area (Å²) in [4.78, 5) is 0. The SMILES string of the molecule is Cc1ccc2c(c1)c1ccccc1n2[Si](C)(C)c1ccc([Si](C)(C)n2c3ccccc3c3cc(C)ccc32)cc1. The molecular formula is C36H36N2Si2. The van der Waals surface area contributed by atoms with Crippen LogP contribution >= 0.6 is 0 Å². The van der Waals surface area contributed by atoms with E-state index in [1.807, 2.05) is 0 Å². The molecule has 0 spiro atoms. The van der Waals surface area contributed by atoms with Gasteiger partial charge < -0.3 is 8.47 Å². The van der Waals surface area contributed by atoms with Gasteiger partial charge >= 0.3 is 0 Å². The van der Waals surface area contributed by atoms with Crippen LogP contribution in [0, 0.1) is 13.8 Å². The predicted octanol–water partition coefficient (Wildman–Crippen LogP) is 8.44. The van der Waals surface area contributed by atoms with E-state index in [4.69, 9.17) is 0 Å². The first-order valence-corrected chi connectivity index (χ1v) is 20.2. The van der Waals surface area contributed by atoms with Crippen molar-refractivity contribution in [3.63, 3.8) is 0 Å². The quantitative estimate of drug-likeness (QED) is 0.194. The van der Waals surface area contributed by atoms with E-state index in [-0.39, 0.29) is 0 Å². The molecule has 0 aliphatic rings. The summed E-state index contributed by atoms with van der Waals surface area (Å²) in [7, 11) is -4.13. The summed E-state index contributed by atoms with van der Waals surface area (Å²) in [6.07, 6.45) is 0. The molecule has 5 aromatic carbocycles. The van der Waals surface area contributed by atoms with Gasteiger partial charge in [0.05, 0.1) is 0 Å². The standard InChI is InChI=1S/C36H36N2Si2/c1-25-15-21-35-31(23-25)29-11-7-9-13-33(29)37(35)39(3,4)27-17-19-28(20-18-27)40(5,6)38-34-14-10-8-12-30(34)32-24-26(2)16-22-36(32)38/h7-24H,1-6H3. The van der Waals surface area contributed by atoms with Gasteiger partial charge in [0, 0.05) is 43.6 Å². The molecule has 0 unspecified atom stereocenters. The molecule has 0 radical (unpaired) electrons. The van der Waals surface area contributed by atoms with E-state index in [0.717, 1.165) is 0 Å². The van der Waals surface area contributed by atoms with Crippen LogP contribution in [0.3, 0.4) is 0 Å². The van der Waals surface area contributed by atoms with Gasteiger partial charge in [0.25, 0.3) is 0 Å². The van der Waals surface area contributed by atoms with Crippen LogP contribution in [-0.2, 0) is 0 Å². The highest BCUT2D eigenvalue weighted by Gasteiger charge is 2.33. The van der Waals surface area contributed by atoms with Crippen molar-refractivity contribution in [3.05, 3.63) is 120 Å². The molecule has 7 aromatic rings. The molecule has 198 valence electrons. The van der Waals surface area contributed by atoms with Crippen LogP contribution in [0.15, 0.2) is 109 Å². The fourth-order valence-electron chi connectivity index (χ4n) is 6.92. The van der Waals surface area contributed by atoms with Crippen LogP contribution < -0.4 is 10.4 Å². The van der Waals surface area contributed by atoms with Gasteiger partial charge in [0.1, 0.15) is 0 Å². The van der Waals surface area contributed by atoms with E-state index in [1.54, 1.807) is 0 Å². The fourth-order valence-corrected chi connectivity index (χ4v) is 12.6. The largest absolute Gasteiger partial charge is 0.364 e. The molecule has 40 heavy (non-hydrogen) atoms. The molecule has 7 rings (SSSR count). The summed E-state index contributed by atoms with van der Waals surface area (Å²) in [5.74, 6) is 0. The van der Waals surface area contributed by atoms with Crippen molar-refractivity contribution < 1.29 is 0 Å². The third-order valence-corrected chi connectivity index (χ3v) is 15.8. The minimum Gasteiger partial charge on any atom is -0.364 e. The van der Waals surface area contributed by atoms with E-state index in [2.05, 4.69) is 158 Å². The maximum atomic E-state index is 2.67. The van der Waals surface area contributed by atoms with Crippen LogP contribution in [0.2, 0.25) is 26.2 Å². The number of rotatable bonds is 4. The molecule has 4 heteroatoms. The normalized spacial score (nSPS) is 12.8. The Kier molecular flexibility index (Phi) is 5.54. The molecule has 0 aliphatic heterocycles. The summed E-state index contributed by atoms with van der Waals surface area (Å²) < 4.78 is 5.34. The average molecular weight is 553 g/mol. The maximum Gasteiger partial charge on any atom is 0.187 e. The monoisotopic (exact) mass is 552 g/mol. The topological polar surface area (TPSA) is 9.86 Å². The lowest BCUT2D eigenvalue weighted by atomic mass is 10.1. The zero-order chi connectivity index (χ0) is 27.8. The summed E-state index contributed by atoms with van der Waals surface area (Å²) in [6, 6.07) is 41.5. The summed E-state index contributed by atoms with van der Waals surface area (Å²) in [6.45, 7) is 14.3. The van der Waals surface area contributed by atoms with Crippen LogP contribution in [0.4, 0.5) is 0 Å². The minimum absolute atomic E-state index is 1.31. The fraction of sp³-hybridized carbons (Fsp3) is 0.167. The average Bonchev–Trinajstić information content (AvgIpc) is 3.46. The molecule has 0 aliphatic carbocycles. The van der Waals surface area contributed by atoms with Gasteiger partial charge in [-0.3, -0.25) is 0 Å². The van der Waals surface area contributed by atoms with Crippen molar-refractivity contribution in [2.24, 2.45) is 0 Å². The van der Waals surface area contributed by atoms with Crippen LogP contribution in [0.25, 0.3) is 43.6 Å². The van der Waals surface area contributed by atoms with Gasteiger partial charge in [-0.1, -0.05) is 83.9 Å². The summed E-state index contributed by atoms with van der Waals surface area (Å²) in [5.41, 5.74) is 8.02. The molecule has 0 amide bonds. The maximum absolute atomic E-state index is 2.67. The Morgan fingerprint density at radius 3 is 1.15 bits per heavy atom. The molecule has 2 nitrogen and oxygen atoms in total. The van der Waals surface area contributed by atoms with Crippen molar-refractivity contribution in [1.29, 1.82) is 0 Å². The van der Waals surface area contributed by atoms with Gasteiger partial charge in [-0.25, -0.2) is 0 Å². The first-order chi connectivity index (χ1) is 19.2. The number of benzene rings is 5. The molecule has 0 saturated heterocycles. The van der Waals surface area contributed by atoms with Crippen LogP contribution in [-0.4, -0.2) is 24.9 Å². The van der Waals surface area contributed by atoms with Crippen molar-refractivity contribution >= 4 is 70.5 Å². The molecule has 0 fully saturated rings. The number of hydrogen-bond donors (Lipinski definition) is 0. The Morgan fingerprint density at radius 1 is 0.400 bits per heavy atom. The second-order valence-corrected chi connectivity index (χ2v) is 20.7. The lowest BCUT2D eigenvalue weighted by Crippen LogP contribution is -2.52. The van der Waals surface area contributed by atoms with E-state index in [1.165, 1.54) is 65.1 Å². The highest BCUT2D eigenvalue weighted by atomic mass is 28.3. The highest BCUT2D eigenvalue weighted by Crippen LogP contribution is 2.34.